The molecule has 0 fully saturated rings. The lowest BCUT2D eigenvalue weighted by Crippen LogP contribution is -2.21. The Morgan fingerprint density at radius 1 is 1.38 bits per heavy atom. The van der Waals surface area contributed by atoms with E-state index in [9.17, 15) is 4.79 Å². The summed E-state index contributed by atoms with van der Waals surface area (Å²) in [5.41, 5.74) is 2.97. The molecule has 1 aromatic rings. The van der Waals surface area contributed by atoms with Gasteiger partial charge in [-0.2, -0.15) is 5.48 Å². The third kappa shape index (κ3) is 4.29. The van der Waals surface area contributed by atoms with Crippen LogP contribution < -0.4 is 10.2 Å². The van der Waals surface area contributed by atoms with E-state index in [4.69, 9.17) is 14.7 Å². The second-order valence-corrected chi connectivity index (χ2v) is 3.01. The number of aromatic carboxylic acids is 1. The Balaban J connectivity index is 2.29. The average molecular weight is 225 g/mol. The van der Waals surface area contributed by atoms with Gasteiger partial charge in [0, 0.05) is 0 Å². The monoisotopic (exact) mass is 225 g/mol. The van der Waals surface area contributed by atoms with Crippen LogP contribution in [0.5, 0.6) is 5.75 Å². The maximum atomic E-state index is 10.6. The second kappa shape index (κ2) is 6.81. The first-order valence-electron chi connectivity index (χ1n) is 5.05. The molecule has 1 aromatic carbocycles. The number of nitrogens with one attached hydrogen (secondary N) is 1. The number of carboxylic acids is 1. The molecule has 0 bridgehead atoms. The van der Waals surface area contributed by atoms with Gasteiger partial charge in [-0.25, -0.2) is 4.79 Å². The molecule has 88 valence electrons. The number of hydroxylamine groups is 1. The molecule has 5 nitrogen and oxygen atoms in total. The molecule has 0 radical (unpaired) electrons. The predicted molar refractivity (Wildman–Crippen MR) is 58.5 cm³/mol. The topological polar surface area (TPSA) is 67.8 Å². The standard InChI is InChI=1S/C11H15NO4/c1-2-16-12-7-8-15-10-5-3-9(4-6-10)11(13)14/h3-6,12H,2,7-8H2,1H3,(H,13,14). The van der Waals surface area contributed by atoms with Crippen LogP contribution >= 0.6 is 0 Å². The maximum Gasteiger partial charge on any atom is 0.335 e. The van der Waals surface area contributed by atoms with Gasteiger partial charge < -0.3 is 14.7 Å². The number of rotatable bonds is 7. The molecular formula is C11H15NO4. The van der Waals surface area contributed by atoms with Crippen molar-refractivity contribution in [2.45, 2.75) is 6.92 Å². The van der Waals surface area contributed by atoms with E-state index in [0.717, 1.165) is 0 Å². The van der Waals surface area contributed by atoms with Crippen LogP contribution in [0.3, 0.4) is 0 Å². The minimum atomic E-state index is -0.940. The van der Waals surface area contributed by atoms with Gasteiger partial charge in [-0.15, -0.1) is 0 Å². The first-order valence-corrected chi connectivity index (χ1v) is 5.05. The van der Waals surface area contributed by atoms with Crippen molar-refractivity contribution in [2.24, 2.45) is 0 Å². The smallest absolute Gasteiger partial charge is 0.335 e. The van der Waals surface area contributed by atoms with Crippen LogP contribution in [-0.2, 0) is 4.84 Å². The molecule has 0 aliphatic heterocycles. The summed E-state index contributed by atoms with van der Waals surface area (Å²) in [6.07, 6.45) is 0. The van der Waals surface area contributed by atoms with E-state index in [-0.39, 0.29) is 5.56 Å². The molecule has 0 saturated heterocycles. The van der Waals surface area contributed by atoms with Crippen LogP contribution in [0.2, 0.25) is 0 Å². The minimum Gasteiger partial charge on any atom is -0.492 e. The number of carbonyl (C=O) groups is 1. The molecule has 5 heteroatoms. The Hall–Kier alpha value is -1.59. The molecule has 0 aliphatic rings. The van der Waals surface area contributed by atoms with Gasteiger partial charge in [-0.05, 0) is 31.2 Å². The number of benzene rings is 1. The fourth-order valence-corrected chi connectivity index (χ4v) is 1.08. The zero-order valence-electron chi connectivity index (χ0n) is 9.10. The molecule has 0 heterocycles. The van der Waals surface area contributed by atoms with Gasteiger partial charge in [0.2, 0.25) is 0 Å². The van der Waals surface area contributed by atoms with Gasteiger partial charge in [0.15, 0.2) is 0 Å². The highest BCUT2D eigenvalue weighted by Crippen LogP contribution is 2.11. The summed E-state index contributed by atoms with van der Waals surface area (Å²) >= 11 is 0. The first kappa shape index (κ1) is 12.5. The third-order valence-electron chi connectivity index (χ3n) is 1.82. The van der Waals surface area contributed by atoms with Crippen molar-refractivity contribution in [3.63, 3.8) is 0 Å². The molecule has 0 aliphatic carbocycles. The molecule has 0 spiro atoms. The zero-order valence-corrected chi connectivity index (χ0v) is 9.10. The van der Waals surface area contributed by atoms with Crippen LogP contribution in [0.4, 0.5) is 0 Å². The highest BCUT2D eigenvalue weighted by molar-refractivity contribution is 5.87. The minimum absolute atomic E-state index is 0.250. The Morgan fingerprint density at radius 3 is 2.62 bits per heavy atom. The van der Waals surface area contributed by atoms with Gasteiger partial charge >= 0.3 is 5.97 Å². The van der Waals surface area contributed by atoms with Crippen molar-refractivity contribution >= 4 is 5.97 Å². The van der Waals surface area contributed by atoms with E-state index in [2.05, 4.69) is 5.48 Å². The summed E-state index contributed by atoms with van der Waals surface area (Å²) in [6.45, 7) is 3.53. The Kier molecular flexibility index (Phi) is 5.31. The van der Waals surface area contributed by atoms with Gasteiger partial charge in [0.1, 0.15) is 12.4 Å². The lowest BCUT2D eigenvalue weighted by molar-refractivity contribution is 0.0433. The van der Waals surface area contributed by atoms with Crippen molar-refractivity contribution in [3.05, 3.63) is 29.8 Å². The van der Waals surface area contributed by atoms with E-state index < -0.39 is 5.97 Å². The fourth-order valence-electron chi connectivity index (χ4n) is 1.08. The Labute approximate surface area is 93.9 Å². The molecule has 0 atom stereocenters. The van der Waals surface area contributed by atoms with Crippen molar-refractivity contribution in [1.29, 1.82) is 0 Å². The van der Waals surface area contributed by atoms with Crippen LogP contribution in [-0.4, -0.2) is 30.8 Å². The lowest BCUT2D eigenvalue weighted by Gasteiger charge is -2.07. The summed E-state index contributed by atoms with van der Waals surface area (Å²) in [5.74, 6) is -0.298. The van der Waals surface area contributed by atoms with Crippen LogP contribution in [0.15, 0.2) is 24.3 Å². The number of hydrogen-bond acceptors (Lipinski definition) is 4. The highest BCUT2D eigenvalue weighted by atomic mass is 16.6. The van der Waals surface area contributed by atoms with Crippen molar-refractivity contribution in [2.75, 3.05) is 19.8 Å². The van der Waals surface area contributed by atoms with Crippen LogP contribution in [0, 0.1) is 0 Å². The van der Waals surface area contributed by atoms with Crippen LogP contribution in [0.25, 0.3) is 0 Å². The quantitative estimate of drug-likeness (QED) is 0.541. The van der Waals surface area contributed by atoms with Crippen molar-refractivity contribution in [3.8, 4) is 5.75 Å². The molecule has 0 unspecified atom stereocenters. The fraction of sp³-hybridized carbons (Fsp3) is 0.364. The largest absolute Gasteiger partial charge is 0.492 e. The molecular weight excluding hydrogens is 210 g/mol. The van der Waals surface area contributed by atoms with E-state index in [1.807, 2.05) is 6.92 Å². The average Bonchev–Trinajstić information content (AvgIpc) is 2.29. The number of carboxylic acid groups (broad SMARTS) is 1. The van der Waals surface area contributed by atoms with E-state index in [1.54, 1.807) is 12.1 Å². The Bertz CT molecular complexity index is 323. The number of hydrogen-bond donors (Lipinski definition) is 2. The summed E-state index contributed by atoms with van der Waals surface area (Å²) < 4.78 is 5.35. The molecule has 16 heavy (non-hydrogen) atoms. The molecule has 1 rings (SSSR count). The van der Waals surface area contributed by atoms with Crippen molar-refractivity contribution < 1.29 is 19.5 Å². The third-order valence-corrected chi connectivity index (χ3v) is 1.82. The first-order chi connectivity index (χ1) is 7.74. The molecule has 2 N–H and O–H groups in total. The maximum absolute atomic E-state index is 10.6. The van der Waals surface area contributed by atoms with E-state index in [1.165, 1.54) is 12.1 Å². The molecule has 0 aromatic heterocycles. The Morgan fingerprint density at radius 2 is 2.06 bits per heavy atom. The highest BCUT2D eigenvalue weighted by Gasteiger charge is 2.01. The summed E-state index contributed by atoms with van der Waals surface area (Å²) in [6, 6.07) is 6.27. The number of ether oxygens (including phenoxy) is 1. The zero-order chi connectivity index (χ0) is 11.8. The summed E-state index contributed by atoms with van der Waals surface area (Å²) in [5, 5.41) is 8.68. The van der Waals surface area contributed by atoms with Gasteiger partial charge in [-0.1, -0.05) is 0 Å². The van der Waals surface area contributed by atoms with E-state index in [0.29, 0.717) is 25.5 Å². The normalized spacial score (nSPS) is 10.1. The predicted octanol–water partition coefficient (Wildman–Crippen LogP) is 1.30. The van der Waals surface area contributed by atoms with E-state index >= 15 is 0 Å². The lowest BCUT2D eigenvalue weighted by atomic mass is 10.2. The molecule has 0 amide bonds. The van der Waals surface area contributed by atoms with Gasteiger partial charge in [0.05, 0.1) is 18.7 Å². The molecule has 0 saturated carbocycles. The van der Waals surface area contributed by atoms with Gasteiger partial charge in [-0.3, -0.25) is 0 Å². The SMILES string of the molecule is CCONCCOc1ccc(C(=O)O)cc1. The summed E-state index contributed by atoms with van der Waals surface area (Å²) in [4.78, 5) is 15.5. The summed E-state index contributed by atoms with van der Waals surface area (Å²) in [7, 11) is 0. The van der Waals surface area contributed by atoms with Crippen molar-refractivity contribution in [1.82, 2.24) is 5.48 Å². The van der Waals surface area contributed by atoms with Crippen LogP contribution in [0.1, 0.15) is 17.3 Å². The second-order valence-electron chi connectivity index (χ2n) is 3.01. The van der Waals surface area contributed by atoms with Gasteiger partial charge in [0.25, 0.3) is 0 Å².